The zero-order chi connectivity index (χ0) is 17.8. The van der Waals surface area contributed by atoms with Gasteiger partial charge in [0.1, 0.15) is 0 Å². The van der Waals surface area contributed by atoms with Crippen molar-refractivity contribution in [1.82, 2.24) is 4.90 Å². The molecular formula is C21H27N3O. The van der Waals surface area contributed by atoms with Gasteiger partial charge < -0.3 is 15.1 Å². The van der Waals surface area contributed by atoms with Crippen LogP contribution in [-0.4, -0.2) is 37.1 Å². The second-order valence-corrected chi connectivity index (χ2v) is 6.99. The molecule has 4 nitrogen and oxygen atoms in total. The Hall–Kier alpha value is -2.49. The van der Waals surface area contributed by atoms with Crippen molar-refractivity contribution in [2.75, 3.05) is 36.4 Å². The van der Waals surface area contributed by atoms with Gasteiger partial charge in [0, 0.05) is 37.6 Å². The highest BCUT2D eigenvalue weighted by molar-refractivity contribution is 5.90. The smallest absolute Gasteiger partial charge is 0.321 e. The molecule has 1 N–H and O–H groups in total. The Balaban J connectivity index is 1.61. The van der Waals surface area contributed by atoms with E-state index in [2.05, 4.69) is 61.3 Å². The molecule has 4 heteroatoms. The molecule has 0 spiro atoms. The molecule has 1 aliphatic heterocycles. The number of nitrogens with one attached hydrogen (secondary N) is 1. The van der Waals surface area contributed by atoms with E-state index in [9.17, 15) is 4.79 Å². The van der Waals surface area contributed by atoms with Crippen LogP contribution in [0.2, 0.25) is 0 Å². The van der Waals surface area contributed by atoms with Crippen molar-refractivity contribution in [3.8, 4) is 0 Å². The molecule has 132 valence electrons. The molecule has 2 aromatic carbocycles. The first-order valence-corrected chi connectivity index (χ1v) is 9.01. The molecule has 3 rings (SSSR count). The molecule has 1 saturated heterocycles. The van der Waals surface area contributed by atoms with E-state index in [-0.39, 0.29) is 6.03 Å². The lowest BCUT2D eigenvalue weighted by Gasteiger charge is -2.36. The lowest BCUT2D eigenvalue weighted by molar-refractivity contribution is 0.208. The van der Waals surface area contributed by atoms with E-state index in [1.807, 2.05) is 23.1 Å². The van der Waals surface area contributed by atoms with Crippen molar-refractivity contribution >= 4 is 17.4 Å². The molecule has 2 aromatic rings. The molecule has 1 heterocycles. The molecule has 0 radical (unpaired) electrons. The van der Waals surface area contributed by atoms with Crippen molar-refractivity contribution in [2.24, 2.45) is 0 Å². The summed E-state index contributed by atoms with van der Waals surface area (Å²) < 4.78 is 0. The van der Waals surface area contributed by atoms with Gasteiger partial charge in [0.15, 0.2) is 0 Å². The fourth-order valence-electron chi connectivity index (χ4n) is 3.30. The van der Waals surface area contributed by atoms with E-state index in [1.165, 1.54) is 16.8 Å². The van der Waals surface area contributed by atoms with E-state index >= 15 is 0 Å². The van der Waals surface area contributed by atoms with Crippen LogP contribution in [0.5, 0.6) is 0 Å². The van der Waals surface area contributed by atoms with Crippen LogP contribution in [0.4, 0.5) is 16.2 Å². The minimum atomic E-state index is -0.00278. The summed E-state index contributed by atoms with van der Waals surface area (Å²) in [5, 5.41) is 3.09. The minimum Gasteiger partial charge on any atom is -0.368 e. The van der Waals surface area contributed by atoms with E-state index < -0.39 is 0 Å². The summed E-state index contributed by atoms with van der Waals surface area (Å²) in [5.74, 6) is 0.384. The van der Waals surface area contributed by atoms with Crippen molar-refractivity contribution < 1.29 is 4.79 Å². The van der Waals surface area contributed by atoms with E-state index in [1.54, 1.807) is 0 Å². The number of urea groups is 1. The van der Waals surface area contributed by atoms with Crippen molar-refractivity contribution in [1.29, 1.82) is 0 Å². The first-order valence-electron chi connectivity index (χ1n) is 9.01. The van der Waals surface area contributed by atoms with Crippen molar-refractivity contribution in [3.05, 3.63) is 59.7 Å². The van der Waals surface area contributed by atoms with Crippen LogP contribution in [0.15, 0.2) is 48.5 Å². The number of hydrogen-bond donors (Lipinski definition) is 1. The Labute approximate surface area is 150 Å². The molecular weight excluding hydrogens is 310 g/mol. The number of nitrogens with zero attached hydrogens (tertiary/aromatic N) is 2. The molecule has 2 amide bonds. The molecule has 0 unspecified atom stereocenters. The number of benzene rings is 2. The van der Waals surface area contributed by atoms with Gasteiger partial charge in [-0.3, -0.25) is 0 Å². The average molecular weight is 337 g/mol. The number of amides is 2. The third-order valence-corrected chi connectivity index (χ3v) is 4.76. The van der Waals surface area contributed by atoms with Gasteiger partial charge in [-0.1, -0.05) is 44.2 Å². The van der Waals surface area contributed by atoms with Gasteiger partial charge in [0.2, 0.25) is 0 Å². The Bertz CT molecular complexity index is 733. The third-order valence-electron chi connectivity index (χ3n) is 4.76. The summed E-state index contributed by atoms with van der Waals surface area (Å²) in [6, 6.07) is 16.6. The largest absolute Gasteiger partial charge is 0.368 e. The van der Waals surface area contributed by atoms with Gasteiger partial charge in [-0.15, -0.1) is 0 Å². The molecule has 0 aromatic heterocycles. The summed E-state index contributed by atoms with van der Waals surface area (Å²) in [7, 11) is 0. The topological polar surface area (TPSA) is 35.6 Å². The molecule has 0 aliphatic carbocycles. The maximum Gasteiger partial charge on any atom is 0.321 e. The Kier molecular flexibility index (Phi) is 5.27. The highest BCUT2D eigenvalue weighted by Gasteiger charge is 2.22. The predicted molar refractivity (Wildman–Crippen MR) is 105 cm³/mol. The maximum absolute atomic E-state index is 12.6. The number of rotatable bonds is 3. The van der Waals surface area contributed by atoms with Crippen LogP contribution in [0.1, 0.15) is 30.9 Å². The zero-order valence-electron chi connectivity index (χ0n) is 15.3. The zero-order valence-corrected chi connectivity index (χ0v) is 15.3. The Morgan fingerprint density at radius 2 is 1.72 bits per heavy atom. The molecule has 0 saturated carbocycles. The second kappa shape index (κ2) is 7.60. The normalized spacial score (nSPS) is 14.7. The number of aryl methyl sites for hydroxylation is 1. The highest BCUT2D eigenvalue weighted by atomic mass is 16.2. The second-order valence-electron chi connectivity index (χ2n) is 6.99. The van der Waals surface area contributed by atoms with Crippen LogP contribution in [0, 0.1) is 6.92 Å². The number of para-hydroxylation sites is 1. The van der Waals surface area contributed by atoms with E-state index in [0.717, 1.165) is 31.9 Å². The van der Waals surface area contributed by atoms with Crippen molar-refractivity contribution in [2.45, 2.75) is 26.7 Å². The van der Waals surface area contributed by atoms with Gasteiger partial charge in [-0.25, -0.2) is 4.79 Å². The lowest BCUT2D eigenvalue weighted by atomic mass is 10.0. The first-order chi connectivity index (χ1) is 12.0. The third kappa shape index (κ3) is 4.13. The fourth-order valence-corrected chi connectivity index (χ4v) is 3.30. The summed E-state index contributed by atoms with van der Waals surface area (Å²) >= 11 is 0. The maximum atomic E-state index is 12.6. The number of piperazine rings is 1. The van der Waals surface area contributed by atoms with Gasteiger partial charge in [-0.05, 0) is 42.2 Å². The monoisotopic (exact) mass is 337 g/mol. The standard InChI is InChI=1S/C21H27N3O/c1-16(2)19-9-4-5-10-20(19)22-21(25)24-13-11-23(12-14-24)18-8-6-7-17(3)15-18/h4-10,15-16H,11-14H2,1-3H3,(H,22,25). The SMILES string of the molecule is Cc1cccc(N2CCN(C(=O)Nc3ccccc3C(C)C)CC2)c1. The fraction of sp³-hybridized carbons (Fsp3) is 0.381. The quantitative estimate of drug-likeness (QED) is 0.897. The lowest BCUT2D eigenvalue weighted by Crippen LogP contribution is -2.50. The van der Waals surface area contributed by atoms with Crippen LogP contribution < -0.4 is 10.2 Å². The van der Waals surface area contributed by atoms with Gasteiger partial charge in [-0.2, -0.15) is 0 Å². The number of carbonyl (C=O) groups excluding carboxylic acids is 1. The number of carbonyl (C=O) groups is 1. The van der Waals surface area contributed by atoms with E-state index in [4.69, 9.17) is 0 Å². The molecule has 0 atom stereocenters. The Morgan fingerprint density at radius 1 is 1.00 bits per heavy atom. The molecule has 25 heavy (non-hydrogen) atoms. The van der Waals surface area contributed by atoms with Crippen LogP contribution >= 0.6 is 0 Å². The average Bonchev–Trinajstić information content (AvgIpc) is 2.62. The predicted octanol–water partition coefficient (Wildman–Crippen LogP) is 4.47. The number of hydrogen-bond acceptors (Lipinski definition) is 2. The van der Waals surface area contributed by atoms with Crippen LogP contribution in [0.25, 0.3) is 0 Å². The minimum absolute atomic E-state index is 0.00278. The molecule has 0 bridgehead atoms. The van der Waals surface area contributed by atoms with Crippen LogP contribution in [-0.2, 0) is 0 Å². The van der Waals surface area contributed by atoms with Crippen LogP contribution in [0.3, 0.4) is 0 Å². The first kappa shape index (κ1) is 17.3. The summed E-state index contributed by atoms with van der Waals surface area (Å²) in [4.78, 5) is 16.9. The summed E-state index contributed by atoms with van der Waals surface area (Å²) in [5.41, 5.74) is 4.60. The highest BCUT2D eigenvalue weighted by Crippen LogP contribution is 2.24. The Morgan fingerprint density at radius 3 is 2.40 bits per heavy atom. The van der Waals surface area contributed by atoms with E-state index in [0.29, 0.717) is 5.92 Å². The van der Waals surface area contributed by atoms with Gasteiger partial charge >= 0.3 is 6.03 Å². The van der Waals surface area contributed by atoms with Crippen molar-refractivity contribution in [3.63, 3.8) is 0 Å². The number of anilines is 2. The summed E-state index contributed by atoms with van der Waals surface area (Å²) in [6.07, 6.45) is 0. The van der Waals surface area contributed by atoms with Gasteiger partial charge in [0.25, 0.3) is 0 Å². The van der Waals surface area contributed by atoms with Gasteiger partial charge in [0.05, 0.1) is 0 Å². The summed E-state index contributed by atoms with van der Waals surface area (Å²) in [6.45, 7) is 9.61. The molecule has 1 fully saturated rings. The molecule has 1 aliphatic rings.